The Bertz CT molecular complexity index is 274. The minimum Gasteiger partial charge on any atom is -0.341 e. The standard InChI is InChI=1S/C15H28N2O/c1-12-8-4-3-5-9-14(12)16-13(2)15(18)17-10-6-7-11-17/h12-14,16H,3-11H2,1-2H3. The molecule has 0 bridgehead atoms. The maximum absolute atomic E-state index is 12.3. The number of likely N-dealkylation sites (tertiary alicyclic amines) is 1. The number of carbonyl (C=O) groups is 1. The van der Waals surface area contributed by atoms with Gasteiger partial charge in [0.25, 0.3) is 0 Å². The van der Waals surface area contributed by atoms with E-state index in [0.717, 1.165) is 13.1 Å². The van der Waals surface area contributed by atoms with Crippen LogP contribution in [0.3, 0.4) is 0 Å². The van der Waals surface area contributed by atoms with Crippen molar-refractivity contribution in [2.24, 2.45) is 5.92 Å². The molecule has 0 aromatic heterocycles. The third-order valence-electron chi connectivity index (χ3n) is 4.61. The highest BCUT2D eigenvalue weighted by Gasteiger charge is 2.27. The molecule has 1 amide bonds. The average molecular weight is 252 g/mol. The number of hydrogen-bond acceptors (Lipinski definition) is 2. The monoisotopic (exact) mass is 252 g/mol. The predicted octanol–water partition coefficient (Wildman–Crippen LogP) is 2.56. The van der Waals surface area contributed by atoms with Gasteiger partial charge in [0.1, 0.15) is 0 Å². The summed E-state index contributed by atoms with van der Waals surface area (Å²) in [6, 6.07) is 0.530. The van der Waals surface area contributed by atoms with Crippen LogP contribution in [0.25, 0.3) is 0 Å². The van der Waals surface area contributed by atoms with Gasteiger partial charge in [0.15, 0.2) is 0 Å². The molecule has 2 rings (SSSR count). The van der Waals surface area contributed by atoms with Crippen LogP contribution >= 0.6 is 0 Å². The van der Waals surface area contributed by atoms with Gasteiger partial charge in [-0.15, -0.1) is 0 Å². The number of carbonyl (C=O) groups excluding carboxylic acids is 1. The van der Waals surface area contributed by atoms with Crippen LogP contribution < -0.4 is 5.32 Å². The summed E-state index contributed by atoms with van der Waals surface area (Å²) in [5, 5.41) is 3.59. The predicted molar refractivity (Wildman–Crippen MR) is 74.4 cm³/mol. The summed E-state index contributed by atoms with van der Waals surface area (Å²) in [7, 11) is 0. The first kappa shape index (κ1) is 13.9. The molecule has 18 heavy (non-hydrogen) atoms. The Kier molecular flexibility index (Phi) is 5.04. The van der Waals surface area contributed by atoms with Gasteiger partial charge in [-0.05, 0) is 38.5 Å². The van der Waals surface area contributed by atoms with Crippen molar-refractivity contribution in [2.75, 3.05) is 13.1 Å². The third kappa shape index (κ3) is 3.47. The topological polar surface area (TPSA) is 32.3 Å². The molecular formula is C15H28N2O. The molecule has 1 aliphatic heterocycles. The van der Waals surface area contributed by atoms with Crippen molar-refractivity contribution in [2.45, 2.75) is 70.9 Å². The minimum atomic E-state index is -0.00588. The third-order valence-corrected chi connectivity index (χ3v) is 4.61. The molecular weight excluding hydrogens is 224 g/mol. The smallest absolute Gasteiger partial charge is 0.239 e. The number of nitrogens with zero attached hydrogens (tertiary/aromatic N) is 1. The van der Waals surface area contributed by atoms with E-state index in [1.165, 1.54) is 44.9 Å². The zero-order valence-corrected chi connectivity index (χ0v) is 12.0. The highest BCUT2D eigenvalue weighted by atomic mass is 16.2. The minimum absolute atomic E-state index is 0.00588. The first-order valence-corrected chi connectivity index (χ1v) is 7.73. The Balaban J connectivity index is 1.84. The van der Waals surface area contributed by atoms with E-state index in [4.69, 9.17) is 0 Å². The molecule has 2 aliphatic rings. The fraction of sp³-hybridized carbons (Fsp3) is 0.933. The lowest BCUT2D eigenvalue weighted by Gasteiger charge is -2.28. The van der Waals surface area contributed by atoms with E-state index in [2.05, 4.69) is 12.2 Å². The molecule has 1 heterocycles. The van der Waals surface area contributed by atoms with E-state index < -0.39 is 0 Å². The summed E-state index contributed by atoms with van der Waals surface area (Å²) in [6.45, 7) is 6.30. The summed E-state index contributed by atoms with van der Waals surface area (Å²) in [6.07, 6.45) is 8.93. The Morgan fingerprint density at radius 1 is 1.11 bits per heavy atom. The van der Waals surface area contributed by atoms with E-state index in [1.54, 1.807) is 0 Å². The van der Waals surface area contributed by atoms with Crippen molar-refractivity contribution in [1.82, 2.24) is 10.2 Å². The molecule has 3 heteroatoms. The molecule has 1 saturated carbocycles. The fourth-order valence-electron chi connectivity index (χ4n) is 3.34. The second kappa shape index (κ2) is 6.55. The van der Waals surface area contributed by atoms with Crippen molar-refractivity contribution in [3.63, 3.8) is 0 Å². The van der Waals surface area contributed by atoms with Crippen molar-refractivity contribution in [1.29, 1.82) is 0 Å². The second-order valence-electron chi connectivity index (χ2n) is 6.14. The summed E-state index contributed by atoms with van der Waals surface area (Å²) >= 11 is 0. The van der Waals surface area contributed by atoms with Crippen LogP contribution in [0.15, 0.2) is 0 Å². The van der Waals surface area contributed by atoms with Gasteiger partial charge in [-0.3, -0.25) is 4.79 Å². The second-order valence-corrected chi connectivity index (χ2v) is 6.14. The summed E-state index contributed by atoms with van der Waals surface area (Å²) in [4.78, 5) is 14.3. The normalized spacial score (nSPS) is 31.1. The molecule has 3 atom stereocenters. The van der Waals surface area contributed by atoms with Gasteiger partial charge in [-0.2, -0.15) is 0 Å². The van der Waals surface area contributed by atoms with Crippen LogP contribution in [0.5, 0.6) is 0 Å². The van der Waals surface area contributed by atoms with Crippen LogP contribution in [0.2, 0.25) is 0 Å². The van der Waals surface area contributed by atoms with Gasteiger partial charge >= 0.3 is 0 Å². The summed E-state index contributed by atoms with van der Waals surface area (Å²) < 4.78 is 0. The number of rotatable bonds is 3. The largest absolute Gasteiger partial charge is 0.341 e. The summed E-state index contributed by atoms with van der Waals surface area (Å²) in [5.74, 6) is 1.02. The average Bonchev–Trinajstić information content (AvgIpc) is 2.82. The molecule has 0 spiro atoms. The Morgan fingerprint density at radius 3 is 2.50 bits per heavy atom. The Labute approximate surface area is 111 Å². The van der Waals surface area contributed by atoms with Gasteiger partial charge in [-0.1, -0.05) is 26.2 Å². The lowest BCUT2D eigenvalue weighted by atomic mass is 9.96. The van der Waals surface area contributed by atoms with Gasteiger partial charge in [0.05, 0.1) is 6.04 Å². The Morgan fingerprint density at radius 2 is 1.78 bits per heavy atom. The van der Waals surface area contributed by atoms with Gasteiger partial charge in [-0.25, -0.2) is 0 Å². The first-order chi connectivity index (χ1) is 8.68. The van der Waals surface area contributed by atoms with Crippen molar-refractivity contribution < 1.29 is 4.79 Å². The molecule has 0 aromatic rings. The summed E-state index contributed by atoms with van der Waals surface area (Å²) in [5.41, 5.74) is 0. The van der Waals surface area contributed by atoms with Crippen molar-refractivity contribution in [3.8, 4) is 0 Å². The SMILES string of the molecule is CC(NC1CCCCCC1C)C(=O)N1CCCC1. The van der Waals surface area contributed by atoms with Crippen LogP contribution in [-0.2, 0) is 4.79 Å². The number of amides is 1. The molecule has 0 aromatic carbocycles. The molecule has 0 radical (unpaired) electrons. The van der Waals surface area contributed by atoms with E-state index in [9.17, 15) is 4.79 Å². The number of hydrogen-bond donors (Lipinski definition) is 1. The fourth-order valence-corrected chi connectivity index (χ4v) is 3.34. The van der Waals surface area contributed by atoms with E-state index in [0.29, 0.717) is 17.9 Å². The maximum Gasteiger partial charge on any atom is 0.239 e. The van der Waals surface area contributed by atoms with Crippen LogP contribution in [-0.4, -0.2) is 36.0 Å². The zero-order valence-electron chi connectivity index (χ0n) is 12.0. The van der Waals surface area contributed by atoms with Crippen LogP contribution in [0.1, 0.15) is 58.8 Å². The van der Waals surface area contributed by atoms with Crippen LogP contribution in [0.4, 0.5) is 0 Å². The van der Waals surface area contributed by atoms with Crippen LogP contribution in [0, 0.1) is 5.92 Å². The molecule has 3 unspecified atom stereocenters. The first-order valence-electron chi connectivity index (χ1n) is 7.73. The van der Waals surface area contributed by atoms with Gasteiger partial charge < -0.3 is 10.2 Å². The molecule has 3 nitrogen and oxygen atoms in total. The molecule has 1 N–H and O–H groups in total. The quantitative estimate of drug-likeness (QED) is 0.783. The highest BCUT2D eigenvalue weighted by Crippen LogP contribution is 2.23. The lowest BCUT2D eigenvalue weighted by molar-refractivity contribution is -0.132. The molecule has 1 aliphatic carbocycles. The molecule has 104 valence electrons. The van der Waals surface area contributed by atoms with Crippen molar-refractivity contribution in [3.05, 3.63) is 0 Å². The molecule has 2 fully saturated rings. The van der Waals surface area contributed by atoms with Gasteiger partial charge in [0.2, 0.25) is 5.91 Å². The van der Waals surface area contributed by atoms with Gasteiger partial charge in [0, 0.05) is 19.1 Å². The number of nitrogens with one attached hydrogen (secondary N) is 1. The maximum atomic E-state index is 12.3. The molecule has 1 saturated heterocycles. The Hall–Kier alpha value is -0.570. The van der Waals surface area contributed by atoms with Crippen molar-refractivity contribution >= 4 is 5.91 Å². The van der Waals surface area contributed by atoms with E-state index >= 15 is 0 Å². The highest BCUT2D eigenvalue weighted by molar-refractivity contribution is 5.81. The lowest BCUT2D eigenvalue weighted by Crippen LogP contribution is -2.49. The van der Waals surface area contributed by atoms with E-state index in [1.807, 2.05) is 11.8 Å². The van der Waals surface area contributed by atoms with E-state index in [-0.39, 0.29) is 6.04 Å². The zero-order chi connectivity index (χ0) is 13.0.